The predicted molar refractivity (Wildman–Crippen MR) is 200 cm³/mol. The van der Waals surface area contributed by atoms with E-state index in [0.717, 1.165) is 41.2 Å². The number of fused-ring (bicyclic) bond motifs is 4. The topological polar surface area (TPSA) is 102 Å². The van der Waals surface area contributed by atoms with Crippen LogP contribution in [0.5, 0.6) is 11.5 Å². The van der Waals surface area contributed by atoms with Crippen molar-refractivity contribution >= 4 is 44.6 Å². The van der Waals surface area contributed by atoms with Gasteiger partial charge in [0.2, 0.25) is 0 Å². The molecular formula is C37H49N3O7S2. The van der Waals surface area contributed by atoms with E-state index in [-0.39, 0.29) is 29.9 Å². The number of anilines is 3. The summed E-state index contributed by atoms with van der Waals surface area (Å²) < 4.78 is 28.6. The summed E-state index contributed by atoms with van der Waals surface area (Å²) in [5, 5.41) is 13.7. The Morgan fingerprint density at radius 2 is 1.73 bits per heavy atom. The zero-order valence-corrected chi connectivity index (χ0v) is 30.8. The average molecular weight is 712 g/mol. The first-order valence-electron chi connectivity index (χ1n) is 16.6. The van der Waals surface area contributed by atoms with Gasteiger partial charge in [-0.15, -0.1) is 0 Å². The number of carbonyl (C=O) groups excluding carboxylic acids is 1. The van der Waals surface area contributed by atoms with E-state index in [1.165, 1.54) is 5.56 Å². The van der Waals surface area contributed by atoms with Crippen LogP contribution < -0.4 is 24.6 Å². The fourth-order valence-corrected chi connectivity index (χ4v) is 8.49. The molecule has 0 saturated heterocycles. The Bertz CT molecular complexity index is 1560. The highest BCUT2D eigenvalue weighted by atomic mass is 33.1. The fourth-order valence-electron chi connectivity index (χ4n) is 6.32. The molecule has 0 aromatic heterocycles. The molecule has 1 atom stereocenters. The number of nitrogens with one attached hydrogen (secondary N) is 1. The number of rotatable bonds is 19. The molecule has 3 aromatic rings. The van der Waals surface area contributed by atoms with Crippen LogP contribution in [0.25, 0.3) is 0 Å². The first kappa shape index (κ1) is 37.1. The summed E-state index contributed by atoms with van der Waals surface area (Å²) in [6.45, 7) is 9.37. The molecule has 0 bridgehead atoms. The summed E-state index contributed by atoms with van der Waals surface area (Å²) in [5.74, 6) is 0.972. The number of aliphatic hydroxyl groups is 1. The predicted octanol–water partition coefficient (Wildman–Crippen LogP) is 6.04. The van der Waals surface area contributed by atoms with Crippen LogP contribution in [-0.2, 0) is 33.8 Å². The van der Waals surface area contributed by atoms with E-state index in [2.05, 4.69) is 42.5 Å². The lowest BCUT2D eigenvalue weighted by molar-refractivity contribution is 0.0264. The second-order valence-electron chi connectivity index (χ2n) is 12.7. The minimum Gasteiger partial charge on any atom is -0.493 e. The minimum atomic E-state index is -0.0953. The zero-order valence-electron chi connectivity index (χ0n) is 29.2. The molecule has 0 spiro atoms. The highest BCUT2D eigenvalue weighted by Gasteiger charge is 2.37. The lowest BCUT2D eigenvalue weighted by Crippen LogP contribution is -2.39. The lowest BCUT2D eigenvalue weighted by atomic mass is 10.1. The summed E-state index contributed by atoms with van der Waals surface area (Å²) in [7, 11) is 6.83. The Hall–Kier alpha value is -3.13. The minimum absolute atomic E-state index is 0.0363. The van der Waals surface area contributed by atoms with Crippen LogP contribution in [-0.4, -0.2) is 94.9 Å². The van der Waals surface area contributed by atoms with E-state index < -0.39 is 0 Å². The van der Waals surface area contributed by atoms with Crippen molar-refractivity contribution in [3.63, 3.8) is 0 Å². The van der Waals surface area contributed by atoms with Crippen molar-refractivity contribution in [2.45, 2.75) is 44.3 Å². The molecule has 1 amide bonds. The SMILES string of the molecule is COCCOCCOCCN(CC(C)(C)SSC)c1cc(CO)cc(COc2cc3c(cc2OC)C(=O)N2c4ccccc4C[C@H]2CN3)c1. The van der Waals surface area contributed by atoms with Crippen molar-refractivity contribution in [3.05, 3.63) is 76.9 Å². The van der Waals surface area contributed by atoms with Gasteiger partial charge in [-0.05, 0) is 73.5 Å². The third-order valence-electron chi connectivity index (χ3n) is 8.52. The van der Waals surface area contributed by atoms with Gasteiger partial charge < -0.3 is 43.9 Å². The molecule has 5 rings (SSSR count). The summed E-state index contributed by atoms with van der Waals surface area (Å²) in [6, 6.07) is 17.9. The number of nitrogens with zero attached hydrogens (tertiary/aromatic N) is 2. The Labute approximate surface area is 298 Å². The molecule has 12 heteroatoms. The van der Waals surface area contributed by atoms with E-state index in [4.69, 9.17) is 23.7 Å². The molecule has 2 aliphatic heterocycles. The largest absolute Gasteiger partial charge is 0.493 e. The molecule has 2 aliphatic rings. The van der Waals surface area contributed by atoms with Crippen LogP contribution in [0.15, 0.2) is 54.6 Å². The number of carbonyl (C=O) groups is 1. The van der Waals surface area contributed by atoms with Gasteiger partial charge in [0, 0.05) is 48.9 Å². The van der Waals surface area contributed by atoms with Crippen molar-refractivity contribution in [1.82, 2.24) is 0 Å². The van der Waals surface area contributed by atoms with Crippen LogP contribution in [0.3, 0.4) is 0 Å². The van der Waals surface area contributed by atoms with Crippen LogP contribution in [0.4, 0.5) is 17.1 Å². The van der Waals surface area contributed by atoms with E-state index in [0.29, 0.717) is 63.2 Å². The highest BCUT2D eigenvalue weighted by molar-refractivity contribution is 8.77. The molecule has 2 heterocycles. The molecule has 3 aromatic carbocycles. The highest BCUT2D eigenvalue weighted by Crippen LogP contribution is 2.41. The van der Waals surface area contributed by atoms with E-state index in [1.807, 2.05) is 52.1 Å². The number of benzene rings is 3. The number of amides is 1. The van der Waals surface area contributed by atoms with Crippen molar-refractivity contribution < 1.29 is 33.6 Å². The van der Waals surface area contributed by atoms with Gasteiger partial charge in [0.05, 0.1) is 64.0 Å². The Balaban J connectivity index is 1.32. The van der Waals surface area contributed by atoms with Crippen LogP contribution in [0.2, 0.25) is 0 Å². The molecule has 0 aliphatic carbocycles. The zero-order chi connectivity index (χ0) is 34.8. The molecular weight excluding hydrogens is 663 g/mol. The first-order valence-corrected chi connectivity index (χ1v) is 19.2. The smallest absolute Gasteiger partial charge is 0.260 e. The molecule has 2 N–H and O–H groups in total. The van der Waals surface area contributed by atoms with Crippen LogP contribution in [0.1, 0.15) is 40.9 Å². The van der Waals surface area contributed by atoms with Gasteiger partial charge in [-0.1, -0.05) is 39.8 Å². The monoisotopic (exact) mass is 711 g/mol. The maximum Gasteiger partial charge on any atom is 0.260 e. The number of hydrogen-bond acceptors (Lipinski definition) is 11. The number of methoxy groups -OCH3 is 2. The van der Waals surface area contributed by atoms with Crippen molar-refractivity contribution in [3.8, 4) is 11.5 Å². The molecule has 10 nitrogen and oxygen atoms in total. The summed E-state index contributed by atoms with van der Waals surface area (Å²) in [5.41, 5.74) is 6.12. The summed E-state index contributed by atoms with van der Waals surface area (Å²) in [4.78, 5) is 18.1. The summed E-state index contributed by atoms with van der Waals surface area (Å²) in [6.07, 6.45) is 2.91. The second kappa shape index (κ2) is 17.7. The lowest BCUT2D eigenvalue weighted by Gasteiger charge is -2.34. The maximum atomic E-state index is 13.9. The van der Waals surface area contributed by atoms with Crippen molar-refractivity contribution in [1.29, 1.82) is 0 Å². The summed E-state index contributed by atoms with van der Waals surface area (Å²) >= 11 is 0. The van der Waals surface area contributed by atoms with Crippen molar-refractivity contribution in [2.75, 3.05) is 88.3 Å². The van der Waals surface area contributed by atoms with E-state index in [9.17, 15) is 9.90 Å². The van der Waals surface area contributed by atoms with Gasteiger partial charge in [-0.3, -0.25) is 4.79 Å². The second-order valence-corrected chi connectivity index (χ2v) is 15.8. The van der Waals surface area contributed by atoms with Gasteiger partial charge in [0.25, 0.3) is 5.91 Å². The Morgan fingerprint density at radius 3 is 2.49 bits per heavy atom. The quantitative estimate of drug-likeness (QED) is 0.113. The number of aliphatic hydroxyl groups excluding tert-OH is 1. The number of hydrogen-bond donors (Lipinski definition) is 2. The van der Waals surface area contributed by atoms with Gasteiger partial charge in [0.15, 0.2) is 11.5 Å². The number of ether oxygens (including phenoxy) is 5. The molecule has 0 fully saturated rings. The molecule has 0 saturated carbocycles. The third-order valence-corrected chi connectivity index (χ3v) is 11.1. The van der Waals surface area contributed by atoms with Gasteiger partial charge in [-0.2, -0.15) is 0 Å². The van der Waals surface area contributed by atoms with E-state index in [1.54, 1.807) is 31.1 Å². The van der Waals surface area contributed by atoms with Gasteiger partial charge in [-0.25, -0.2) is 0 Å². The van der Waals surface area contributed by atoms with Gasteiger partial charge in [0.1, 0.15) is 6.61 Å². The number of para-hydroxylation sites is 1. The third kappa shape index (κ3) is 9.56. The van der Waals surface area contributed by atoms with E-state index >= 15 is 0 Å². The normalized spacial score (nSPS) is 15.3. The first-order chi connectivity index (χ1) is 23.8. The van der Waals surface area contributed by atoms with Crippen molar-refractivity contribution in [2.24, 2.45) is 0 Å². The molecule has 49 heavy (non-hydrogen) atoms. The molecule has 0 unspecified atom stereocenters. The Kier molecular flexibility index (Phi) is 13.4. The molecule has 0 radical (unpaired) electrons. The standard InChI is InChI=1S/C37H49N3O7S2/c1-37(2,49-48-5)25-39(10-11-45-14-15-46-13-12-43-3)29-17-26(23-41)16-27(18-29)24-47-35-21-32-31(20-34(35)44-4)36(42)40-30(22-38-32)19-28-8-6-7-9-33(28)40/h6-9,16-18,20-21,30,38,41H,10-15,19,22-25H2,1-5H3/t30-/m0/s1. The molecule has 266 valence electrons. The van der Waals surface area contributed by atoms with Gasteiger partial charge >= 0.3 is 0 Å². The van der Waals surface area contributed by atoms with Crippen LogP contribution in [0, 0.1) is 0 Å². The Morgan fingerprint density at radius 1 is 0.980 bits per heavy atom. The average Bonchev–Trinajstić information content (AvgIpc) is 3.42. The maximum absolute atomic E-state index is 13.9. The van der Waals surface area contributed by atoms with Crippen LogP contribution >= 0.6 is 21.6 Å². The fraction of sp³-hybridized carbons (Fsp3) is 0.486.